The lowest BCUT2D eigenvalue weighted by molar-refractivity contribution is -0.153. The largest absolute Gasteiger partial charge is 0.509 e. The normalized spacial score (nSPS) is 21.2. The third kappa shape index (κ3) is 5.22. The minimum Gasteiger partial charge on any atom is -0.509 e. The van der Waals surface area contributed by atoms with E-state index in [1.54, 1.807) is 24.3 Å². The number of amides is 2. The topological polar surface area (TPSA) is 105 Å². The Labute approximate surface area is 185 Å². The summed E-state index contributed by atoms with van der Waals surface area (Å²) in [4.78, 5) is 37.9. The average molecular weight is 482 g/mol. The number of rotatable bonds is 6. The fourth-order valence-electron chi connectivity index (χ4n) is 2.69. The average Bonchev–Trinajstić information content (AvgIpc) is 2.68. The first kappa shape index (κ1) is 21.9. The SMILES string of the molecule is O=C(COc1ccccc1)NC1C(=O)N2C(C(=O)OCC(Cl)(Cl)Cl)=C(O)CS[C@H]12. The molecule has 1 fully saturated rings. The number of hydrogen-bond donors (Lipinski definition) is 2. The Morgan fingerprint density at radius 2 is 1.97 bits per heavy atom. The number of β-lactam (4-membered cyclic amide) rings is 1. The summed E-state index contributed by atoms with van der Waals surface area (Å²) in [5.41, 5.74) is -0.320. The van der Waals surface area contributed by atoms with Crippen molar-refractivity contribution in [2.75, 3.05) is 19.0 Å². The number of nitrogens with zero attached hydrogens (tertiary/aromatic N) is 1. The molecule has 2 heterocycles. The second kappa shape index (κ2) is 8.91. The Kier molecular flexibility index (Phi) is 6.72. The molecule has 0 aromatic heterocycles. The van der Waals surface area contributed by atoms with Gasteiger partial charge in [-0.15, -0.1) is 11.8 Å². The minimum atomic E-state index is -1.83. The highest BCUT2D eigenvalue weighted by Crippen LogP contribution is 2.40. The van der Waals surface area contributed by atoms with Gasteiger partial charge >= 0.3 is 5.97 Å². The van der Waals surface area contributed by atoms with E-state index >= 15 is 0 Å². The van der Waals surface area contributed by atoms with Gasteiger partial charge in [-0.2, -0.15) is 0 Å². The van der Waals surface area contributed by atoms with Crippen LogP contribution in [0.3, 0.4) is 0 Å². The van der Waals surface area contributed by atoms with Crippen LogP contribution in [0.1, 0.15) is 0 Å². The molecule has 29 heavy (non-hydrogen) atoms. The van der Waals surface area contributed by atoms with Gasteiger partial charge < -0.3 is 19.9 Å². The number of thioether (sulfide) groups is 1. The summed E-state index contributed by atoms with van der Waals surface area (Å²) in [6.07, 6.45) is 0. The van der Waals surface area contributed by atoms with Gasteiger partial charge in [-0.3, -0.25) is 14.5 Å². The number of halogens is 3. The van der Waals surface area contributed by atoms with E-state index in [-0.39, 0.29) is 23.8 Å². The molecule has 2 amide bonds. The smallest absolute Gasteiger partial charge is 0.358 e. The van der Waals surface area contributed by atoms with Gasteiger partial charge in [0.15, 0.2) is 12.3 Å². The number of aliphatic hydroxyl groups excluding tert-OH is 1. The highest BCUT2D eigenvalue weighted by atomic mass is 35.6. The van der Waals surface area contributed by atoms with Crippen LogP contribution in [0.15, 0.2) is 41.8 Å². The lowest BCUT2D eigenvalue weighted by Gasteiger charge is -2.48. The molecular formula is C17H15Cl3N2O6S. The van der Waals surface area contributed by atoms with Crippen LogP contribution < -0.4 is 10.1 Å². The van der Waals surface area contributed by atoms with Crippen molar-refractivity contribution in [2.45, 2.75) is 15.2 Å². The molecule has 1 saturated heterocycles. The van der Waals surface area contributed by atoms with Gasteiger partial charge in [-0.25, -0.2) is 4.79 Å². The van der Waals surface area contributed by atoms with Gasteiger partial charge in [-0.05, 0) is 12.1 Å². The van der Waals surface area contributed by atoms with Crippen molar-refractivity contribution in [1.29, 1.82) is 0 Å². The molecule has 0 radical (unpaired) electrons. The number of benzene rings is 1. The van der Waals surface area contributed by atoms with Crippen LogP contribution in [0.2, 0.25) is 0 Å². The van der Waals surface area contributed by atoms with Gasteiger partial charge in [0.25, 0.3) is 11.8 Å². The van der Waals surface area contributed by atoms with E-state index < -0.39 is 39.6 Å². The zero-order chi connectivity index (χ0) is 21.2. The number of esters is 1. The van der Waals surface area contributed by atoms with Crippen molar-refractivity contribution in [2.24, 2.45) is 0 Å². The standard InChI is InChI=1S/C17H15Cl3N2O6S/c18-17(19,20)8-28-16(26)13-10(23)7-29-15-12(14(25)22(13)15)21-11(24)6-27-9-4-2-1-3-5-9/h1-5,12,15,23H,6-8H2,(H,21,24)/t12?,15-/m1/s1. The molecule has 2 aliphatic heterocycles. The third-order valence-electron chi connectivity index (χ3n) is 3.94. The predicted octanol–water partition coefficient (Wildman–Crippen LogP) is 2.15. The van der Waals surface area contributed by atoms with Gasteiger partial charge in [-0.1, -0.05) is 53.0 Å². The van der Waals surface area contributed by atoms with E-state index in [0.29, 0.717) is 5.75 Å². The zero-order valence-corrected chi connectivity index (χ0v) is 17.7. The first-order chi connectivity index (χ1) is 13.7. The van der Waals surface area contributed by atoms with E-state index in [1.165, 1.54) is 11.8 Å². The summed E-state index contributed by atoms with van der Waals surface area (Å²) in [7, 11) is 0. The van der Waals surface area contributed by atoms with Gasteiger partial charge in [0.1, 0.15) is 29.5 Å². The van der Waals surface area contributed by atoms with E-state index in [0.717, 1.165) is 4.90 Å². The summed E-state index contributed by atoms with van der Waals surface area (Å²) in [6, 6.07) is 7.87. The minimum absolute atomic E-state index is 0.0551. The number of nitrogens with one attached hydrogen (secondary N) is 1. The molecule has 156 valence electrons. The predicted molar refractivity (Wildman–Crippen MR) is 108 cm³/mol. The molecular weight excluding hydrogens is 467 g/mol. The molecule has 12 heteroatoms. The lowest BCUT2D eigenvalue weighted by Crippen LogP contribution is -2.71. The second-order valence-corrected chi connectivity index (χ2v) is 9.66. The zero-order valence-electron chi connectivity index (χ0n) is 14.6. The summed E-state index contributed by atoms with van der Waals surface area (Å²) in [6.45, 7) is -0.825. The maximum atomic E-state index is 12.5. The van der Waals surface area contributed by atoms with Crippen molar-refractivity contribution in [3.05, 3.63) is 41.8 Å². The number of aliphatic hydroxyl groups is 1. The van der Waals surface area contributed by atoms with Crippen LogP contribution in [-0.4, -0.2) is 62.0 Å². The number of fused-ring (bicyclic) bond motifs is 1. The van der Waals surface area contributed by atoms with E-state index in [9.17, 15) is 19.5 Å². The number of para-hydroxylation sites is 1. The van der Waals surface area contributed by atoms with Crippen molar-refractivity contribution in [3.63, 3.8) is 0 Å². The van der Waals surface area contributed by atoms with Crippen LogP contribution in [0.25, 0.3) is 0 Å². The first-order valence-corrected chi connectivity index (χ1v) is 10.4. The monoisotopic (exact) mass is 480 g/mol. The molecule has 2 atom stereocenters. The molecule has 0 aliphatic carbocycles. The fourth-order valence-corrected chi connectivity index (χ4v) is 4.05. The maximum Gasteiger partial charge on any atom is 0.358 e. The molecule has 3 rings (SSSR count). The van der Waals surface area contributed by atoms with Crippen molar-refractivity contribution < 1.29 is 29.0 Å². The molecule has 1 aromatic carbocycles. The van der Waals surface area contributed by atoms with Crippen LogP contribution >= 0.6 is 46.6 Å². The molecule has 2 aliphatic rings. The number of ether oxygens (including phenoxy) is 2. The maximum absolute atomic E-state index is 12.5. The fraction of sp³-hybridized carbons (Fsp3) is 0.353. The number of alkyl halides is 3. The van der Waals surface area contributed by atoms with E-state index in [2.05, 4.69) is 5.32 Å². The number of carbonyl (C=O) groups excluding carboxylic acids is 3. The van der Waals surface area contributed by atoms with Crippen LogP contribution in [0.4, 0.5) is 0 Å². The molecule has 0 saturated carbocycles. The Morgan fingerprint density at radius 1 is 1.28 bits per heavy atom. The summed E-state index contributed by atoms with van der Waals surface area (Å²) < 4.78 is 8.37. The summed E-state index contributed by atoms with van der Waals surface area (Å²) >= 11 is 17.8. The molecule has 0 bridgehead atoms. The van der Waals surface area contributed by atoms with Crippen LogP contribution in [0, 0.1) is 0 Å². The second-order valence-electron chi connectivity index (χ2n) is 6.04. The molecule has 0 spiro atoms. The number of hydrogen-bond acceptors (Lipinski definition) is 7. The lowest BCUT2D eigenvalue weighted by atomic mass is 10.0. The van der Waals surface area contributed by atoms with Crippen LogP contribution in [0.5, 0.6) is 5.75 Å². The summed E-state index contributed by atoms with van der Waals surface area (Å²) in [5, 5.41) is 12.0. The van der Waals surface area contributed by atoms with E-state index in [4.69, 9.17) is 44.3 Å². The first-order valence-electron chi connectivity index (χ1n) is 8.25. The Bertz CT molecular complexity index is 845. The molecule has 2 N–H and O–H groups in total. The highest BCUT2D eigenvalue weighted by Gasteiger charge is 2.55. The van der Waals surface area contributed by atoms with Crippen molar-refractivity contribution in [1.82, 2.24) is 10.2 Å². The van der Waals surface area contributed by atoms with Gasteiger partial charge in [0.2, 0.25) is 3.79 Å². The Morgan fingerprint density at radius 3 is 2.62 bits per heavy atom. The Hall–Kier alpha value is -1.81. The Balaban J connectivity index is 1.59. The number of carbonyl (C=O) groups is 3. The quantitative estimate of drug-likeness (QED) is 0.364. The molecule has 1 aromatic rings. The molecule has 1 unspecified atom stereocenters. The van der Waals surface area contributed by atoms with Crippen molar-refractivity contribution in [3.8, 4) is 5.75 Å². The molecule has 8 nitrogen and oxygen atoms in total. The van der Waals surface area contributed by atoms with Crippen molar-refractivity contribution >= 4 is 64.3 Å². The van der Waals surface area contributed by atoms with E-state index in [1.807, 2.05) is 6.07 Å². The van der Waals surface area contributed by atoms with Gasteiger partial charge in [0, 0.05) is 0 Å². The van der Waals surface area contributed by atoms with Crippen LogP contribution in [-0.2, 0) is 19.1 Å². The van der Waals surface area contributed by atoms with Gasteiger partial charge in [0.05, 0.1) is 5.75 Å². The third-order valence-corrected chi connectivity index (χ3v) is 5.53. The summed E-state index contributed by atoms with van der Waals surface area (Å²) in [5.74, 6) is -1.81. The highest BCUT2D eigenvalue weighted by molar-refractivity contribution is 8.00.